The van der Waals surface area contributed by atoms with E-state index in [9.17, 15) is 14.7 Å². The summed E-state index contributed by atoms with van der Waals surface area (Å²) in [6, 6.07) is 1.14. The lowest BCUT2D eigenvalue weighted by Gasteiger charge is -2.26. The van der Waals surface area contributed by atoms with Gasteiger partial charge in [-0.15, -0.1) is 11.3 Å². The van der Waals surface area contributed by atoms with Crippen molar-refractivity contribution in [3.63, 3.8) is 0 Å². The smallest absolute Gasteiger partial charge is 0.247 e. The molecule has 0 radical (unpaired) electrons. The second-order valence-corrected chi connectivity index (χ2v) is 6.72. The van der Waals surface area contributed by atoms with Crippen molar-refractivity contribution >= 4 is 23.2 Å². The van der Waals surface area contributed by atoms with Gasteiger partial charge in [0.2, 0.25) is 11.8 Å². The molecule has 2 amide bonds. The standard InChI is InChI=1S/C15H22N2O3S/c1-9-6-7-21-12(9)8-17(3)15(20)13(10(2)18)16-14(19)11-4-5-11/h6-7,10-11,13,18H,4-5,8H2,1-3H3,(H,16,19)/t10-,13+/m1/s1. The van der Waals surface area contributed by atoms with Crippen LogP contribution in [-0.4, -0.2) is 41.0 Å². The van der Waals surface area contributed by atoms with Gasteiger partial charge in [0.25, 0.3) is 0 Å². The van der Waals surface area contributed by atoms with E-state index in [4.69, 9.17) is 0 Å². The molecule has 116 valence electrons. The van der Waals surface area contributed by atoms with Crippen molar-refractivity contribution < 1.29 is 14.7 Å². The molecule has 1 fully saturated rings. The number of amides is 2. The normalized spacial score (nSPS) is 17.1. The third-order valence-corrected chi connectivity index (χ3v) is 4.73. The van der Waals surface area contributed by atoms with E-state index >= 15 is 0 Å². The van der Waals surface area contributed by atoms with Gasteiger partial charge in [-0.05, 0) is 43.7 Å². The summed E-state index contributed by atoms with van der Waals surface area (Å²) in [6.45, 7) is 4.02. The minimum Gasteiger partial charge on any atom is -0.391 e. The summed E-state index contributed by atoms with van der Waals surface area (Å²) >= 11 is 1.60. The molecule has 1 saturated carbocycles. The Labute approximate surface area is 129 Å². The highest BCUT2D eigenvalue weighted by Crippen LogP contribution is 2.29. The second-order valence-electron chi connectivity index (χ2n) is 5.72. The Morgan fingerprint density at radius 3 is 2.67 bits per heavy atom. The molecule has 21 heavy (non-hydrogen) atoms. The number of thiophene rings is 1. The predicted molar refractivity (Wildman–Crippen MR) is 81.9 cm³/mol. The van der Waals surface area contributed by atoms with Crippen LogP contribution in [0.25, 0.3) is 0 Å². The van der Waals surface area contributed by atoms with Crippen LogP contribution in [-0.2, 0) is 16.1 Å². The van der Waals surface area contributed by atoms with Crippen LogP contribution in [0, 0.1) is 12.8 Å². The molecule has 0 saturated heterocycles. The van der Waals surface area contributed by atoms with Gasteiger partial charge in [0, 0.05) is 17.8 Å². The summed E-state index contributed by atoms with van der Waals surface area (Å²) in [6.07, 6.45) is 0.834. The molecule has 1 aliphatic carbocycles. The molecule has 2 N–H and O–H groups in total. The lowest BCUT2D eigenvalue weighted by molar-refractivity contribution is -0.139. The molecule has 1 aromatic heterocycles. The van der Waals surface area contributed by atoms with Crippen molar-refractivity contribution in [1.29, 1.82) is 0 Å². The molecule has 1 aliphatic rings. The highest BCUT2D eigenvalue weighted by molar-refractivity contribution is 7.10. The maximum absolute atomic E-state index is 12.5. The molecule has 2 atom stereocenters. The van der Waals surface area contributed by atoms with E-state index in [1.165, 1.54) is 6.92 Å². The van der Waals surface area contributed by atoms with Crippen LogP contribution in [0.4, 0.5) is 0 Å². The molecule has 2 rings (SSSR count). The Bertz CT molecular complexity index is 523. The zero-order valence-electron chi connectivity index (χ0n) is 12.6. The van der Waals surface area contributed by atoms with Gasteiger partial charge >= 0.3 is 0 Å². The number of hydrogen-bond donors (Lipinski definition) is 2. The van der Waals surface area contributed by atoms with Gasteiger partial charge in [-0.1, -0.05) is 0 Å². The van der Waals surface area contributed by atoms with E-state index in [0.717, 1.165) is 23.3 Å². The minimum atomic E-state index is -0.910. The first-order valence-electron chi connectivity index (χ1n) is 7.16. The lowest BCUT2D eigenvalue weighted by Crippen LogP contribution is -2.53. The maximum Gasteiger partial charge on any atom is 0.247 e. The summed E-state index contributed by atoms with van der Waals surface area (Å²) in [5, 5.41) is 14.5. The van der Waals surface area contributed by atoms with E-state index in [2.05, 4.69) is 5.32 Å². The Hall–Kier alpha value is -1.40. The van der Waals surface area contributed by atoms with Crippen LogP contribution < -0.4 is 5.32 Å². The number of nitrogens with one attached hydrogen (secondary N) is 1. The summed E-state index contributed by atoms with van der Waals surface area (Å²) in [5.41, 5.74) is 1.15. The number of carbonyl (C=O) groups excluding carboxylic acids is 2. The first-order valence-corrected chi connectivity index (χ1v) is 8.04. The summed E-state index contributed by atoms with van der Waals surface area (Å²) in [7, 11) is 1.69. The molecule has 0 aromatic carbocycles. The maximum atomic E-state index is 12.5. The van der Waals surface area contributed by atoms with Crippen LogP contribution in [0.2, 0.25) is 0 Å². The van der Waals surface area contributed by atoms with E-state index in [1.54, 1.807) is 23.3 Å². The van der Waals surface area contributed by atoms with Crippen LogP contribution >= 0.6 is 11.3 Å². The van der Waals surface area contributed by atoms with E-state index in [-0.39, 0.29) is 17.7 Å². The number of nitrogens with zero attached hydrogens (tertiary/aromatic N) is 1. The van der Waals surface area contributed by atoms with Crippen molar-refractivity contribution in [1.82, 2.24) is 10.2 Å². The topological polar surface area (TPSA) is 69.6 Å². The van der Waals surface area contributed by atoms with Crippen molar-refractivity contribution in [3.8, 4) is 0 Å². The average molecular weight is 310 g/mol. The fourth-order valence-corrected chi connectivity index (χ4v) is 3.06. The molecule has 1 aromatic rings. The molecular weight excluding hydrogens is 288 g/mol. The number of aliphatic hydroxyl groups excluding tert-OH is 1. The van der Waals surface area contributed by atoms with Gasteiger partial charge in [-0.2, -0.15) is 0 Å². The van der Waals surface area contributed by atoms with Crippen LogP contribution in [0.3, 0.4) is 0 Å². The lowest BCUT2D eigenvalue weighted by atomic mass is 10.1. The number of aliphatic hydroxyl groups is 1. The van der Waals surface area contributed by atoms with Gasteiger partial charge in [-0.3, -0.25) is 9.59 Å². The van der Waals surface area contributed by atoms with E-state index < -0.39 is 12.1 Å². The fourth-order valence-electron chi connectivity index (χ4n) is 2.10. The molecule has 6 heteroatoms. The minimum absolute atomic E-state index is 0.0175. The average Bonchev–Trinajstić information content (AvgIpc) is 3.20. The predicted octanol–water partition coefficient (Wildman–Crippen LogP) is 1.29. The number of carbonyl (C=O) groups is 2. The first-order chi connectivity index (χ1) is 9.90. The Kier molecular flexibility index (Phi) is 5.00. The SMILES string of the molecule is Cc1ccsc1CN(C)C(=O)[C@@H](NC(=O)C1CC1)[C@@H](C)O. The Balaban J connectivity index is 1.99. The quantitative estimate of drug-likeness (QED) is 0.832. The number of aryl methyl sites for hydroxylation is 1. The number of likely N-dealkylation sites (N-methyl/N-ethyl adjacent to an activating group) is 1. The Morgan fingerprint density at radius 1 is 1.52 bits per heavy atom. The molecule has 1 heterocycles. The third-order valence-electron chi connectivity index (χ3n) is 3.72. The van der Waals surface area contributed by atoms with Crippen LogP contribution in [0.5, 0.6) is 0 Å². The van der Waals surface area contributed by atoms with E-state index in [1.807, 2.05) is 18.4 Å². The molecular formula is C15H22N2O3S. The summed E-state index contributed by atoms with van der Waals surface area (Å²) in [5.74, 6) is -0.370. The number of hydrogen-bond acceptors (Lipinski definition) is 4. The summed E-state index contributed by atoms with van der Waals surface area (Å²) in [4.78, 5) is 27.0. The number of rotatable bonds is 6. The van der Waals surface area contributed by atoms with Gasteiger partial charge in [0.05, 0.1) is 12.6 Å². The largest absolute Gasteiger partial charge is 0.391 e. The second kappa shape index (κ2) is 6.58. The van der Waals surface area contributed by atoms with Gasteiger partial charge in [-0.25, -0.2) is 0 Å². The molecule has 0 spiro atoms. The van der Waals surface area contributed by atoms with E-state index in [0.29, 0.717) is 6.54 Å². The van der Waals surface area contributed by atoms with Gasteiger partial charge in [0.1, 0.15) is 6.04 Å². The van der Waals surface area contributed by atoms with Gasteiger partial charge < -0.3 is 15.3 Å². The molecule has 5 nitrogen and oxygen atoms in total. The summed E-state index contributed by atoms with van der Waals surface area (Å²) < 4.78 is 0. The van der Waals surface area contributed by atoms with Crippen molar-refractivity contribution in [2.75, 3.05) is 7.05 Å². The van der Waals surface area contributed by atoms with Crippen LogP contribution in [0.1, 0.15) is 30.2 Å². The van der Waals surface area contributed by atoms with Crippen molar-refractivity contribution in [2.24, 2.45) is 5.92 Å². The fraction of sp³-hybridized carbons (Fsp3) is 0.600. The zero-order valence-corrected chi connectivity index (χ0v) is 13.4. The molecule has 0 unspecified atom stereocenters. The van der Waals surface area contributed by atoms with Gasteiger partial charge in [0.15, 0.2) is 0 Å². The third kappa shape index (κ3) is 4.04. The molecule has 0 bridgehead atoms. The monoisotopic (exact) mass is 310 g/mol. The first kappa shape index (κ1) is 16.0. The highest BCUT2D eigenvalue weighted by atomic mass is 32.1. The van der Waals surface area contributed by atoms with Crippen LogP contribution in [0.15, 0.2) is 11.4 Å². The van der Waals surface area contributed by atoms with Crippen molar-refractivity contribution in [2.45, 2.75) is 45.4 Å². The zero-order chi connectivity index (χ0) is 15.6. The van der Waals surface area contributed by atoms with Crippen molar-refractivity contribution in [3.05, 3.63) is 21.9 Å². The molecule has 0 aliphatic heterocycles. The Morgan fingerprint density at radius 2 is 2.19 bits per heavy atom. The highest BCUT2D eigenvalue weighted by Gasteiger charge is 2.35.